The molecule has 0 amide bonds. The molecule has 0 spiro atoms. The van der Waals surface area contributed by atoms with Crippen LogP contribution in [0.5, 0.6) is 0 Å². The summed E-state index contributed by atoms with van der Waals surface area (Å²) < 4.78 is 0. The highest BCUT2D eigenvalue weighted by Gasteiger charge is 2.23. The number of aliphatic imine (C=N–C) groups is 1. The van der Waals surface area contributed by atoms with Crippen LogP contribution in [0.25, 0.3) is 0 Å². The molecule has 2 N–H and O–H groups in total. The summed E-state index contributed by atoms with van der Waals surface area (Å²) in [6.45, 7) is 0.347. The van der Waals surface area contributed by atoms with Gasteiger partial charge in [0, 0.05) is 6.42 Å². The Balaban J connectivity index is 1.82. The van der Waals surface area contributed by atoms with Gasteiger partial charge in [0.25, 0.3) is 0 Å². The number of hydrogen-bond acceptors (Lipinski definition) is 3. The number of amidine groups is 1. The molecule has 84 valence electrons. The molecule has 0 fully saturated rings. The third-order valence-electron chi connectivity index (χ3n) is 2.60. The molecule has 1 unspecified atom stereocenters. The monoisotopic (exact) mass is 218 g/mol. The van der Waals surface area contributed by atoms with Crippen molar-refractivity contribution in [2.75, 3.05) is 6.54 Å². The van der Waals surface area contributed by atoms with Crippen molar-refractivity contribution >= 4 is 11.8 Å². The van der Waals surface area contributed by atoms with Crippen molar-refractivity contribution in [3.05, 3.63) is 35.9 Å². The first-order chi connectivity index (χ1) is 7.75. The molecule has 1 aliphatic rings. The SMILES string of the molecule is O=C(O)C1CN=C(CCc2ccccc2)N1. The fourth-order valence-electron chi connectivity index (χ4n) is 1.69. The second-order valence-electron chi connectivity index (χ2n) is 3.81. The summed E-state index contributed by atoms with van der Waals surface area (Å²) in [7, 11) is 0. The summed E-state index contributed by atoms with van der Waals surface area (Å²) in [6.07, 6.45) is 1.66. The van der Waals surface area contributed by atoms with Crippen LogP contribution in [0.4, 0.5) is 0 Å². The van der Waals surface area contributed by atoms with Crippen molar-refractivity contribution in [1.82, 2.24) is 5.32 Å². The first kappa shape index (κ1) is 10.7. The maximum atomic E-state index is 10.7. The Morgan fingerprint density at radius 1 is 1.38 bits per heavy atom. The van der Waals surface area contributed by atoms with Crippen LogP contribution in [0.15, 0.2) is 35.3 Å². The summed E-state index contributed by atoms with van der Waals surface area (Å²) in [5.41, 5.74) is 1.24. The number of carbonyl (C=O) groups is 1. The number of rotatable bonds is 4. The normalized spacial score (nSPS) is 19.0. The molecule has 0 saturated carbocycles. The van der Waals surface area contributed by atoms with Crippen molar-refractivity contribution in [1.29, 1.82) is 0 Å². The number of nitrogens with one attached hydrogen (secondary N) is 1. The molecule has 16 heavy (non-hydrogen) atoms. The molecule has 4 heteroatoms. The van der Waals surface area contributed by atoms with E-state index in [0.717, 1.165) is 18.7 Å². The Morgan fingerprint density at radius 2 is 2.12 bits per heavy atom. The van der Waals surface area contributed by atoms with Gasteiger partial charge >= 0.3 is 5.97 Å². The van der Waals surface area contributed by atoms with Gasteiger partial charge in [0.05, 0.1) is 12.4 Å². The van der Waals surface area contributed by atoms with Gasteiger partial charge < -0.3 is 10.4 Å². The lowest BCUT2D eigenvalue weighted by molar-refractivity contribution is -0.138. The number of hydrogen-bond donors (Lipinski definition) is 2. The van der Waals surface area contributed by atoms with Gasteiger partial charge in [0.1, 0.15) is 6.04 Å². The van der Waals surface area contributed by atoms with Gasteiger partial charge in [0.15, 0.2) is 0 Å². The zero-order valence-electron chi connectivity index (χ0n) is 8.89. The van der Waals surface area contributed by atoms with Crippen LogP contribution in [0.3, 0.4) is 0 Å². The van der Waals surface area contributed by atoms with Crippen molar-refractivity contribution < 1.29 is 9.90 Å². The van der Waals surface area contributed by atoms with Crippen molar-refractivity contribution in [2.45, 2.75) is 18.9 Å². The van der Waals surface area contributed by atoms with Crippen LogP contribution in [0, 0.1) is 0 Å². The third kappa shape index (κ3) is 2.59. The molecule has 0 aromatic heterocycles. The summed E-state index contributed by atoms with van der Waals surface area (Å²) in [6, 6.07) is 9.56. The Morgan fingerprint density at radius 3 is 2.75 bits per heavy atom. The predicted molar refractivity (Wildman–Crippen MR) is 61.6 cm³/mol. The maximum absolute atomic E-state index is 10.7. The minimum atomic E-state index is -0.835. The van der Waals surface area contributed by atoms with Gasteiger partial charge in [-0.25, -0.2) is 4.79 Å². The van der Waals surface area contributed by atoms with Gasteiger partial charge in [-0.2, -0.15) is 0 Å². The second kappa shape index (κ2) is 4.79. The zero-order chi connectivity index (χ0) is 11.4. The molecule has 0 saturated heterocycles. The Hall–Kier alpha value is -1.84. The second-order valence-corrected chi connectivity index (χ2v) is 3.81. The number of carboxylic acid groups (broad SMARTS) is 1. The minimum absolute atomic E-state index is 0.347. The molecule has 1 atom stereocenters. The first-order valence-electron chi connectivity index (χ1n) is 5.32. The van der Waals surface area contributed by atoms with Gasteiger partial charge in [-0.1, -0.05) is 30.3 Å². The average molecular weight is 218 g/mol. The van der Waals surface area contributed by atoms with E-state index in [1.807, 2.05) is 18.2 Å². The largest absolute Gasteiger partial charge is 0.480 e. The van der Waals surface area contributed by atoms with Crippen LogP contribution in [0.1, 0.15) is 12.0 Å². The Bertz CT molecular complexity index is 401. The average Bonchev–Trinajstić information content (AvgIpc) is 2.76. The van der Waals surface area contributed by atoms with Crippen LogP contribution in [-0.2, 0) is 11.2 Å². The molecule has 1 aliphatic heterocycles. The lowest BCUT2D eigenvalue weighted by atomic mass is 10.1. The van der Waals surface area contributed by atoms with Gasteiger partial charge in [0.2, 0.25) is 0 Å². The van der Waals surface area contributed by atoms with Crippen LogP contribution in [0.2, 0.25) is 0 Å². The van der Waals surface area contributed by atoms with E-state index in [1.54, 1.807) is 0 Å². The molecular weight excluding hydrogens is 204 g/mol. The lowest BCUT2D eigenvalue weighted by Gasteiger charge is -2.06. The van der Waals surface area contributed by atoms with Gasteiger partial charge in [-0.15, -0.1) is 0 Å². The highest BCUT2D eigenvalue weighted by molar-refractivity contribution is 5.90. The van der Waals surface area contributed by atoms with E-state index >= 15 is 0 Å². The molecule has 1 heterocycles. The quantitative estimate of drug-likeness (QED) is 0.794. The van der Waals surface area contributed by atoms with E-state index in [0.29, 0.717) is 6.54 Å². The molecule has 1 aromatic carbocycles. The fourth-order valence-corrected chi connectivity index (χ4v) is 1.69. The van der Waals surface area contributed by atoms with Crippen LogP contribution < -0.4 is 5.32 Å². The van der Waals surface area contributed by atoms with E-state index in [4.69, 9.17) is 5.11 Å². The van der Waals surface area contributed by atoms with Crippen LogP contribution in [-0.4, -0.2) is 29.5 Å². The number of aliphatic carboxylic acids is 1. The standard InChI is InChI=1S/C12H14N2O2/c15-12(16)10-8-13-11(14-10)7-6-9-4-2-1-3-5-9/h1-5,10H,6-8H2,(H,13,14)(H,15,16). The number of nitrogens with zero attached hydrogens (tertiary/aromatic N) is 1. The van der Waals surface area contributed by atoms with E-state index in [1.165, 1.54) is 5.56 Å². The van der Waals surface area contributed by atoms with Crippen molar-refractivity contribution in [3.63, 3.8) is 0 Å². The lowest BCUT2D eigenvalue weighted by Crippen LogP contribution is -2.37. The van der Waals surface area contributed by atoms with Crippen molar-refractivity contribution in [2.24, 2.45) is 4.99 Å². The molecule has 1 aromatic rings. The topological polar surface area (TPSA) is 61.7 Å². The minimum Gasteiger partial charge on any atom is -0.480 e. The molecule has 0 aliphatic carbocycles. The summed E-state index contributed by atoms with van der Waals surface area (Å²) in [5.74, 6) is -0.0327. The van der Waals surface area contributed by atoms with Crippen molar-refractivity contribution in [3.8, 4) is 0 Å². The Kier molecular flexibility index (Phi) is 3.19. The predicted octanol–water partition coefficient (Wildman–Crippen LogP) is 1.07. The first-order valence-corrected chi connectivity index (χ1v) is 5.32. The Labute approximate surface area is 94.0 Å². The van der Waals surface area contributed by atoms with E-state index in [-0.39, 0.29) is 0 Å². The van der Waals surface area contributed by atoms with E-state index in [9.17, 15) is 4.79 Å². The third-order valence-corrected chi connectivity index (χ3v) is 2.60. The molecule has 4 nitrogen and oxygen atoms in total. The van der Waals surface area contributed by atoms with Gasteiger partial charge in [-0.3, -0.25) is 4.99 Å². The van der Waals surface area contributed by atoms with Gasteiger partial charge in [-0.05, 0) is 12.0 Å². The number of benzene rings is 1. The smallest absolute Gasteiger partial charge is 0.328 e. The van der Waals surface area contributed by atoms with E-state index in [2.05, 4.69) is 22.4 Å². The summed E-state index contributed by atoms with van der Waals surface area (Å²) in [5, 5.41) is 11.7. The van der Waals surface area contributed by atoms with E-state index < -0.39 is 12.0 Å². The zero-order valence-corrected chi connectivity index (χ0v) is 8.89. The number of carboxylic acids is 1. The summed E-state index contributed by atoms with van der Waals surface area (Å²) >= 11 is 0. The molecular formula is C12H14N2O2. The highest BCUT2D eigenvalue weighted by Crippen LogP contribution is 2.06. The fraction of sp³-hybridized carbons (Fsp3) is 0.333. The molecule has 0 bridgehead atoms. The summed E-state index contributed by atoms with van der Waals surface area (Å²) in [4.78, 5) is 14.9. The maximum Gasteiger partial charge on any atom is 0.328 e. The molecule has 0 radical (unpaired) electrons. The number of aryl methyl sites for hydroxylation is 1. The van der Waals surface area contributed by atoms with Crippen LogP contribution >= 0.6 is 0 Å². The molecule has 2 rings (SSSR count). The highest BCUT2D eigenvalue weighted by atomic mass is 16.4.